The Morgan fingerprint density at radius 3 is 2.65 bits per heavy atom. The van der Waals surface area contributed by atoms with Crippen LogP contribution in [0.2, 0.25) is 0 Å². The van der Waals surface area contributed by atoms with Crippen LogP contribution >= 0.6 is 23.5 Å². The molecule has 0 spiro atoms. The molecule has 0 unspecified atom stereocenters. The summed E-state index contributed by atoms with van der Waals surface area (Å²) in [6.45, 7) is 4.39. The molecule has 1 aliphatic heterocycles. The number of piperidine rings is 1. The number of nitrogens with one attached hydrogen (secondary N) is 2. The van der Waals surface area contributed by atoms with Gasteiger partial charge in [0, 0.05) is 36.1 Å². The van der Waals surface area contributed by atoms with Gasteiger partial charge in [0.25, 0.3) is 0 Å². The van der Waals surface area contributed by atoms with Gasteiger partial charge in [0.15, 0.2) is 5.82 Å². The highest BCUT2D eigenvalue weighted by Gasteiger charge is 2.25. The average molecular weight is 460 g/mol. The molecule has 2 heterocycles. The Balaban J connectivity index is 1.44. The predicted molar refractivity (Wildman–Crippen MR) is 128 cm³/mol. The van der Waals surface area contributed by atoms with Gasteiger partial charge >= 0.3 is 0 Å². The van der Waals surface area contributed by atoms with Gasteiger partial charge in [-0.15, -0.1) is 22.0 Å². The zero-order valence-corrected chi connectivity index (χ0v) is 19.6. The molecule has 7 nitrogen and oxygen atoms in total. The van der Waals surface area contributed by atoms with Crippen LogP contribution < -0.4 is 15.5 Å². The van der Waals surface area contributed by atoms with Crippen LogP contribution in [0.5, 0.6) is 0 Å². The number of nitrogens with zero attached hydrogens (tertiary/aromatic N) is 3. The molecule has 2 N–H and O–H groups in total. The highest BCUT2D eigenvalue weighted by atomic mass is 32.2. The summed E-state index contributed by atoms with van der Waals surface area (Å²) in [4.78, 5) is 27.6. The minimum atomic E-state index is -0.0717. The normalized spacial score (nSPS) is 14.3. The Bertz CT molecular complexity index is 870. The van der Waals surface area contributed by atoms with Crippen molar-refractivity contribution in [2.75, 3.05) is 41.9 Å². The van der Waals surface area contributed by atoms with E-state index in [1.165, 1.54) is 11.8 Å². The minimum absolute atomic E-state index is 0.0717. The molecule has 0 radical (unpaired) electrons. The number of carbonyl (C=O) groups is 2. The van der Waals surface area contributed by atoms with Gasteiger partial charge in [0.05, 0.1) is 5.75 Å². The van der Waals surface area contributed by atoms with Crippen molar-refractivity contribution in [3.63, 3.8) is 0 Å². The lowest BCUT2D eigenvalue weighted by molar-refractivity contribution is -0.125. The third-order valence-corrected chi connectivity index (χ3v) is 6.71. The summed E-state index contributed by atoms with van der Waals surface area (Å²) >= 11 is 3.00. The summed E-state index contributed by atoms with van der Waals surface area (Å²) in [6, 6.07) is 11.6. The maximum atomic E-state index is 12.2. The lowest BCUT2D eigenvalue weighted by Crippen LogP contribution is -2.41. The van der Waals surface area contributed by atoms with E-state index in [0.717, 1.165) is 55.3 Å². The standard InChI is InChI=1S/C22H29N5O2S2/c1-3-11-23-22(29)16-9-12-27(13-10-16)19-7-8-21(26-25-19)31-15-20(28)24-17-5-4-6-18(14-17)30-2/h4-8,14,16H,3,9-13,15H2,1-2H3,(H,23,29)(H,24,28). The van der Waals surface area contributed by atoms with E-state index in [2.05, 4.69) is 32.7 Å². The largest absolute Gasteiger partial charge is 0.356 e. The number of carbonyl (C=O) groups excluding carboxylic acids is 2. The van der Waals surface area contributed by atoms with Crippen LogP contribution in [-0.4, -0.2) is 53.7 Å². The number of thioether (sulfide) groups is 2. The van der Waals surface area contributed by atoms with Crippen LogP contribution in [0, 0.1) is 5.92 Å². The van der Waals surface area contributed by atoms with Crippen molar-refractivity contribution in [2.45, 2.75) is 36.1 Å². The van der Waals surface area contributed by atoms with Crippen LogP contribution in [0.3, 0.4) is 0 Å². The van der Waals surface area contributed by atoms with Gasteiger partial charge in [0.1, 0.15) is 5.03 Å². The first-order valence-electron chi connectivity index (χ1n) is 10.5. The zero-order valence-electron chi connectivity index (χ0n) is 18.0. The molecule has 1 saturated heterocycles. The number of rotatable bonds is 9. The first-order chi connectivity index (χ1) is 15.1. The number of benzene rings is 1. The smallest absolute Gasteiger partial charge is 0.234 e. The highest BCUT2D eigenvalue weighted by molar-refractivity contribution is 8.00. The number of hydrogen-bond acceptors (Lipinski definition) is 7. The fourth-order valence-corrected chi connectivity index (χ4v) is 4.43. The maximum Gasteiger partial charge on any atom is 0.234 e. The second-order valence-corrected chi connectivity index (χ2v) is 9.23. The summed E-state index contributed by atoms with van der Waals surface area (Å²) in [5.41, 5.74) is 0.797. The van der Waals surface area contributed by atoms with Crippen LogP contribution in [0.1, 0.15) is 26.2 Å². The van der Waals surface area contributed by atoms with Crippen molar-refractivity contribution in [3.05, 3.63) is 36.4 Å². The molecule has 0 bridgehead atoms. The fourth-order valence-electron chi connectivity index (χ4n) is 3.36. The molecule has 31 heavy (non-hydrogen) atoms. The summed E-state index contributed by atoms with van der Waals surface area (Å²) in [5, 5.41) is 15.2. The van der Waals surface area contributed by atoms with Gasteiger partial charge in [-0.1, -0.05) is 24.8 Å². The molecule has 0 atom stereocenters. The number of anilines is 2. The Labute approximate surface area is 192 Å². The molecule has 0 aliphatic carbocycles. The van der Waals surface area contributed by atoms with Gasteiger partial charge < -0.3 is 15.5 Å². The predicted octanol–water partition coefficient (Wildman–Crippen LogP) is 3.67. The molecule has 1 aromatic heterocycles. The summed E-state index contributed by atoms with van der Waals surface area (Å²) in [6.07, 6.45) is 4.61. The number of amides is 2. The molecule has 2 amide bonds. The van der Waals surface area contributed by atoms with Crippen molar-refractivity contribution in [1.82, 2.24) is 15.5 Å². The molecule has 2 aromatic rings. The SMILES string of the molecule is CCCNC(=O)C1CCN(c2ccc(SCC(=O)Nc3cccc(SC)c3)nn2)CC1. The van der Waals surface area contributed by atoms with E-state index >= 15 is 0 Å². The van der Waals surface area contributed by atoms with E-state index in [4.69, 9.17) is 0 Å². The number of hydrogen-bond donors (Lipinski definition) is 2. The van der Waals surface area contributed by atoms with Crippen LogP contribution in [0.4, 0.5) is 11.5 Å². The molecule has 0 saturated carbocycles. The molecule has 9 heteroatoms. The highest BCUT2D eigenvalue weighted by Crippen LogP contribution is 2.24. The second kappa shape index (κ2) is 12.0. The monoisotopic (exact) mass is 459 g/mol. The third-order valence-electron chi connectivity index (χ3n) is 5.07. The van der Waals surface area contributed by atoms with Gasteiger partial charge in [-0.3, -0.25) is 9.59 Å². The van der Waals surface area contributed by atoms with E-state index in [9.17, 15) is 9.59 Å². The summed E-state index contributed by atoms with van der Waals surface area (Å²) in [7, 11) is 0. The first kappa shape index (κ1) is 23.4. The molecular formula is C22H29N5O2S2. The van der Waals surface area contributed by atoms with E-state index in [0.29, 0.717) is 5.03 Å². The molecule has 3 rings (SSSR count). The van der Waals surface area contributed by atoms with Crippen LogP contribution in [0.25, 0.3) is 0 Å². The molecule has 166 valence electrons. The van der Waals surface area contributed by atoms with Crippen LogP contribution in [0.15, 0.2) is 46.3 Å². The molecule has 1 aromatic carbocycles. The number of aromatic nitrogens is 2. The summed E-state index contributed by atoms with van der Waals surface area (Å²) < 4.78 is 0. The van der Waals surface area contributed by atoms with Crippen molar-refractivity contribution in [1.29, 1.82) is 0 Å². The Hall–Kier alpha value is -2.26. The maximum absolute atomic E-state index is 12.2. The van der Waals surface area contributed by atoms with Gasteiger partial charge in [-0.05, 0) is 55.9 Å². The lowest BCUT2D eigenvalue weighted by Gasteiger charge is -2.31. The fraction of sp³-hybridized carbons (Fsp3) is 0.455. The average Bonchev–Trinajstić information content (AvgIpc) is 2.82. The quantitative estimate of drug-likeness (QED) is 0.553. The van der Waals surface area contributed by atoms with Gasteiger partial charge in [-0.2, -0.15) is 0 Å². The Morgan fingerprint density at radius 1 is 1.16 bits per heavy atom. The van der Waals surface area contributed by atoms with Crippen LogP contribution in [-0.2, 0) is 9.59 Å². The van der Waals surface area contributed by atoms with Crippen molar-refractivity contribution in [3.8, 4) is 0 Å². The van der Waals surface area contributed by atoms with Gasteiger partial charge in [-0.25, -0.2) is 0 Å². The van der Waals surface area contributed by atoms with Crippen molar-refractivity contribution < 1.29 is 9.59 Å². The second-order valence-electron chi connectivity index (χ2n) is 7.35. The van der Waals surface area contributed by atoms with E-state index in [1.807, 2.05) is 42.7 Å². The first-order valence-corrected chi connectivity index (χ1v) is 12.7. The topological polar surface area (TPSA) is 87.2 Å². The molecular weight excluding hydrogens is 430 g/mol. The van der Waals surface area contributed by atoms with E-state index < -0.39 is 0 Å². The lowest BCUT2D eigenvalue weighted by atomic mass is 9.96. The van der Waals surface area contributed by atoms with Crippen molar-refractivity contribution in [2.24, 2.45) is 5.92 Å². The minimum Gasteiger partial charge on any atom is -0.356 e. The summed E-state index contributed by atoms with van der Waals surface area (Å²) in [5.74, 6) is 1.27. The van der Waals surface area contributed by atoms with Gasteiger partial charge in [0.2, 0.25) is 11.8 Å². The Kier molecular flexibility index (Phi) is 9.02. The Morgan fingerprint density at radius 2 is 1.97 bits per heavy atom. The third kappa shape index (κ3) is 7.14. The molecule has 1 aliphatic rings. The van der Waals surface area contributed by atoms with E-state index in [1.54, 1.807) is 11.8 Å². The molecule has 1 fully saturated rings. The van der Waals surface area contributed by atoms with Crippen molar-refractivity contribution >= 4 is 46.8 Å². The van der Waals surface area contributed by atoms with E-state index in [-0.39, 0.29) is 23.5 Å². The zero-order chi connectivity index (χ0) is 22.1.